The molecule has 25 heavy (non-hydrogen) atoms. The van der Waals surface area contributed by atoms with Gasteiger partial charge in [0.05, 0.1) is 10.7 Å². The molecule has 128 valence electrons. The van der Waals surface area contributed by atoms with Crippen molar-refractivity contribution in [2.75, 3.05) is 29.6 Å². The van der Waals surface area contributed by atoms with Crippen molar-refractivity contribution in [2.24, 2.45) is 0 Å². The van der Waals surface area contributed by atoms with Crippen molar-refractivity contribution in [3.05, 3.63) is 64.3 Å². The molecule has 2 aromatic carbocycles. The number of nitrogens with zero attached hydrogens (tertiary/aromatic N) is 2. The van der Waals surface area contributed by atoms with Gasteiger partial charge in [-0.15, -0.1) is 0 Å². The second-order valence-corrected chi connectivity index (χ2v) is 6.18. The van der Waals surface area contributed by atoms with Crippen LogP contribution in [0.25, 0.3) is 0 Å². The molecule has 0 fully saturated rings. The number of nitrogens with one attached hydrogen (secondary N) is 2. The van der Waals surface area contributed by atoms with Gasteiger partial charge in [0.25, 0.3) is 5.91 Å². The van der Waals surface area contributed by atoms with Crippen LogP contribution in [0.1, 0.15) is 0 Å². The van der Waals surface area contributed by atoms with E-state index in [1.54, 1.807) is 12.1 Å². The maximum Gasteiger partial charge on any atom is 0.267 e. The second-order valence-electron chi connectivity index (χ2n) is 5.34. The van der Waals surface area contributed by atoms with Crippen molar-refractivity contribution in [1.29, 1.82) is 5.26 Å². The van der Waals surface area contributed by atoms with Crippen molar-refractivity contribution in [1.82, 2.24) is 0 Å². The first-order valence-electron chi connectivity index (χ1n) is 7.31. The zero-order valence-corrected chi connectivity index (χ0v) is 15.2. The van der Waals surface area contributed by atoms with Crippen molar-refractivity contribution in [3.63, 3.8) is 0 Å². The summed E-state index contributed by atoms with van der Waals surface area (Å²) in [6, 6.07) is 14.1. The summed E-state index contributed by atoms with van der Waals surface area (Å²) in [6.07, 6.45) is 1.35. The Morgan fingerprint density at radius 2 is 1.96 bits per heavy atom. The molecule has 0 unspecified atom stereocenters. The van der Waals surface area contributed by atoms with Crippen LogP contribution in [-0.2, 0) is 4.79 Å². The van der Waals surface area contributed by atoms with Crippen LogP contribution in [0.2, 0.25) is 10.0 Å². The average Bonchev–Trinajstić information content (AvgIpc) is 2.59. The normalized spacial score (nSPS) is 10.8. The molecule has 2 N–H and O–H groups in total. The van der Waals surface area contributed by atoms with Crippen molar-refractivity contribution in [3.8, 4) is 6.07 Å². The third-order valence-corrected chi connectivity index (χ3v) is 3.85. The van der Waals surface area contributed by atoms with E-state index in [1.165, 1.54) is 12.3 Å². The number of carbonyl (C=O) groups is 1. The molecule has 0 heterocycles. The van der Waals surface area contributed by atoms with Gasteiger partial charge in [-0.3, -0.25) is 4.79 Å². The van der Waals surface area contributed by atoms with Crippen LogP contribution in [0, 0.1) is 11.3 Å². The molecule has 0 saturated carbocycles. The number of halogens is 2. The number of rotatable bonds is 5. The minimum absolute atomic E-state index is 0.0914. The highest BCUT2D eigenvalue weighted by Gasteiger charge is 2.11. The Hall–Kier alpha value is -2.68. The molecule has 5 nitrogen and oxygen atoms in total. The molecule has 0 aromatic heterocycles. The molecular weight excluding hydrogens is 359 g/mol. The third-order valence-electron chi connectivity index (χ3n) is 3.29. The number of anilines is 3. The monoisotopic (exact) mass is 374 g/mol. The summed E-state index contributed by atoms with van der Waals surface area (Å²) in [5, 5.41) is 15.5. The fourth-order valence-corrected chi connectivity index (χ4v) is 2.30. The maximum atomic E-state index is 12.3. The zero-order chi connectivity index (χ0) is 18.4. The van der Waals surface area contributed by atoms with Crippen LogP contribution in [0.15, 0.2) is 54.2 Å². The van der Waals surface area contributed by atoms with Gasteiger partial charge >= 0.3 is 0 Å². The fourth-order valence-electron chi connectivity index (χ4n) is 1.96. The van der Waals surface area contributed by atoms with E-state index in [9.17, 15) is 10.1 Å². The molecule has 2 rings (SSSR count). The quantitative estimate of drug-likeness (QED) is 0.596. The van der Waals surface area contributed by atoms with Crippen molar-refractivity contribution in [2.45, 2.75) is 0 Å². The molecule has 1 amide bonds. The maximum absolute atomic E-state index is 12.3. The lowest BCUT2D eigenvalue weighted by molar-refractivity contribution is -0.112. The van der Waals surface area contributed by atoms with Gasteiger partial charge < -0.3 is 15.5 Å². The Labute approximate surface area is 156 Å². The Kier molecular flexibility index (Phi) is 6.29. The molecule has 7 heteroatoms. The van der Waals surface area contributed by atoms with Crippen LogP contribution in [0.3, 0.4) is 0 Å². The van der Waals surface area contributed by atoms with E-state index in [1.807, 2.05) is 49.3 Å². The van der Waals surface area contributed by atoms with E-state index in [0.29, 0.717) is 15.7 Å². The van der Waals surface area contributed by atoms with E-state index in [0.717, 1.165) is 11.4 Å². The lowest BCUT2D eigenvalue weighted by atomic mass is 10.2. The number of hydrogen-bond acceptors (Lipinski definition) is 4. The highest BCUT2D eigenvalue weighted by Crippen LogP contribution is 2.25. The number of amides is 1. The molecule has 0 spiro atoms. The molecule has 0 aliphatic carbocycles. The summed E-state index contributed by atoms with van der Waals surface area (Å²) in [6.45, 7) is 0. The van der Waals surface area contributed by atoms with E-state index in [4.69, 9.17) is 23.2 Å². The summed E-state index contributed by atoms with van der Waals surface area (Å²) < 4.78 is 0. The molecule has 0 atom stereocenters. The van der Waals surface area contributed by atoms with E-state index in [-0.39, 0.29) is 5.57 Å². The Bertz CT molecular complexity index is 856. The van der Waals surface area contributed by atoms with Gasteiger partial charge in [-0.1, -0.05) is 29.3 Å². The number of carbonyl (C=O) groups excluding carboxylic acids is 1. The van der Waals surface area contributed by atoms with Crippen LogP contribution in [0.4, 0.5) is 17.1 Å². The Balaban J connectivity index is 2.14. The van der Waals surface area contributed by atoms with E-state index < -0.39 is 5.91 Å². The van der Waals surface area contributed by atoms with E-state index >= 15 is 0 Å². The third kappa shape index (κ3) is 5.15. The van der Waals surface area contributed by atoms with Crippen LogP contribution in [-0.4, -0.2) is 20.0 Å². The summed E-state index contributed by atoms with van der Waals surface area (Å²) in [5.41, 5.74) is 2.00. The lowest BCUT2D eigenvalue weighted by Crippen LogP contribution is -2.15. The molecule has 0 aliphatic heterocycles. The van der Waals surface area contributed by atoms with Gasteiger partial charge in [0.15, 0.2) is 0 Å². The highest BCUT2D eigenvalue weighted by molar-refractivity contribution is 6.35. The second kappa shape index (κ2) is 8.43. The van der Waals surface area contributed by atoms with Crippen LogP contribution in [0.5, 0.6) is 0 Å². The van der Waals surface area contributed by atoms with Gasteiger partial charge in [0.2, 0.25) is 0 Å². The largest absolute Gasteiger partial charge is 0.378 e. The standard InChI is InChI=1S/C18H16Cl2N4O/c1-24(2)15-5-3-4-14(9-15)22-11-12(10-21)18(25)23-17-8-13(19)6-7-16(17)20/h3-9,11,22H,1-2H3,(H,23,25)/b12-11-. The zero-order valence-electron chi connectivity index (χ0n) is 13.7. The average molecular weight is 375 g/mol. The Morgan fingerprint density at radius 1 is 1.20 bits per heavy atom. The number of nitriles is 1. The van der Waals surface area contributed by atoms with Crippen LogP contribution < -0.4 is 15.5 Å². The molecule has 0 bridgehead atoms. The summed E-state index contributed by atoms with van der Waals surface area (Å²) >= 11 is 11.9. The van der Waals surface area contributed by atoms with Gasteiger partial charge in [-0.25, -0.2) is 0 Å². The van der Waals surface area contributed by atoms with Crippen molar-refractivity contribution < 1.29 is 4.79 Å². The minimum Gasteiger partial charge on any atom is -0.378 e. The molecule has 0 radical (unpaired) electrons. The lowest BCUT2D eigenvalue weighted by Gasteiger charge is -2.13. The predicted molar refractivity (Wildman–Crippen MR) is 103 cm³/mol. The van der Waals surface area contributed by atoms with Gasteiger partial charge in [0.1, 0.15) is 11.6 Å². The van der Waals surface area contributed by atoms with E-state index in [2.05, 4.69) is 10.6 Å². The first-order valence-corrected chi connectivity index (χ1v) is 8.07. The topological polar surface area (TPSA) is 68.2 Å². The smallest absolute Gasteiger partial charge is 0.267 e. The van der Waals surface area contributed by atoms with Crippen molar-refractivity contribution >= 4 is 46.2 Å². The summed E-state index contributed by atoms with van der Waals surface area (Å²) in [7, 11) is 3.86. The molecule has 0 saturated heterocycles. The summed E-state index contributed by atoms with van der Waals surface area (Å²) in [5.74, 6) is -0.581. The molecule has 0 aliphatic rings. The molecular formula is C18H16Cl2N4O. The van der Waals surface area contributed by atoms with Gasteiger partial charge in [-0.05, 0) is 36.4 Å². The highest BCUT2D eigenvalue weighted by atomic mass is 35.5. The first-order chi connectivity index (χ1) is 11.9. The first kappa shape index (κ1) is 18.7. The van der Waals surface area contributed by atoms with Gasteiger partial charge in [0, 0.05) is 36.7 Å². The number of benzene rings is 2. The van der Waals surface area contributed by atoms with Gasteiger partial charge in [-0.2, -0.15) is 5.26 Å². The van der Waals surface area contributed by atoms with Crippen LogP contribution >= 0.6 is 23.2 Å². The minimum atomic E-state index is -0.581. The Morgan fingerprint density at radius 3 is 2.64 bits per heavy atom. The SMILES string of the molecule is CN(C)c1cccc(N/C=C(/C#N)C(=O)Nc2cc(Cl)ccc2Cl)c1. The number of hydrogen-bond donors (Lipinski definition) is 2. The molecule has 2 aromatic rings. The predicted octanol–water partition coefficient (Wildman–Crippen LogP) is 4.52. The fraction of sp³-hybridized carbons (Fsp3) is 0.111. The summed E-state index contributed by atoms with van der Waals surface area (Å²) in [4.78, 5) is 14.2.